The van der Waals surface area contributed by atoms with Crippen LogP contribution in [0.15, 0.2) is 0 Å². The van der Waals surface area contributed by atoms with E-state index in [1.165, 1.54) is 0 Å². The number of hydrogen-bond acceptors (Lipinski definition) is 2. The van der Waals surface area contributed by atoms with Crippen molar-refractivity contribution in [3.63, 3.8) is 0 Å². The van der Waals surface area contributed by atoms with Gasteiger partial charge in [-0.1, -0.05) is 0 Å². The monoisotopic (exact) mass is 290 g/mol. The molecule has 0 heterocycles. The van der Waals surface area contributed by atoms with E-state index >= 15 is 0 Å². The second-order valence-corrected chi connectivity index (χ2v) is 2.58. The summed E-state index contributed by atoms with van der Waals surface area (Å²) >= 11 is 8.37. The SMILES string of the molecule is Br.CCN(CC)C(O)=S.NC(O)=S. The summed E-state index contributed by atoms with van der Waals surface area (Å²) in [5.74, 6) is 0. The Labute approximate surface area is 99.5 Å². The second kappa shape index (κ2) is 11.9. The zero-order chi connectivity index (χ0) is 10.1. The molecule has 7 heteroatoms. The van der Waals surface area contributed by atoms with Crippen molar-refractivity contribution in [3.05, 3.63) is 0 Å². The van der Waals surface area contributed by atoms with Crippen molar-refractivity contribution in [2.45, 2.75) is 13.8 Å². The first-order chi connectivity index (χ1) is 5.45. The molecular weight excluding hydrogens is 276 g/mol. The van der Waals surface area contributed by atoms with Gasteiger partial charge in [0.1, 0.15) is 0 Å². The van der Waals surface area contributed by atoms with Gasteiger partial charge in [-0.25, -0.2) is 0 Å². The van der Waals surface area contributed by atoms with Gasteiger partial charge in [-0.3, -0.25) is 0 Å². The van der Waals surface area contributed by atoms with Gasteiger partial charge < -0.3 is 20.8 Å². The lowest BCUT2D eigenvalue weighted by molar-refractivity contribution is 0.371. The quantitative estimate of drug-likeness (QED) is 0.670. The fraction of sp³-hybridized carbons (Fsp3) is 0.667. The van der Waals surface area contributed by atoms with Crippen LogP contribution in [0.25, 0.3) is 0 Å². The van der Waals surface area contributed by atoms with E-state index in [0.29, 0.717) is 0 Å². The van der Waals surface area contributed by atoms with Gasteiger partial charge in [0.15, 0.2) is 0 Å². The summed E-state index contributed by atoms with van der Waals surface area (Å²) in [6.45, 7) is 5.47. The molecule has 0 aromatic carbocycles. The van der Waals surface area contributed by atoms with Crippen molar-refractivity contribution >= 4 is 51.8 Å². The molecular formula is C6H15BrN2O2S2. The van der Waals surface area contributed by atoms with Crippen LogP contribution in [-0.2, 0) is 0 Å². The van der Waals surface area contributed by atoms with Crippen LogP contribution in [0.2, 0.25) is 0 Å². The average molecular weight is 291 g/mol. The van der Waals surface area contributed by atoms with Gasteiger partial charge in [0, 0.05) is 13.1 Å². The topological polar surface area (TPSA) is 69.7 Å². The maximum absolute atomic E-state index is 8.67. The molecule has 0 atom stereocenters. The Balaban J connectivity index is -0.000000173. The number of aliphatic hydroxyl groups excluding tert-OH is 2. The van der Waals surface area contributed by atoms with Crippen LogP contribution in [0.3, 0.4) is 0 Å². The fourth-order valence-corrected chi connectivity index (χ4v) is 0.752. The Morgan fingerprint density at radius 2 is 1.46 bits per heavy atom. The summed E-state index contributed by atoms with van der Waals surface area (Å²) in [6, 6.07) is 0. The van der Waals surface area contributed by atoms with Gasteiger partial charge >= 0.3 is 0 Å². The molecule has 0 aliphatic rings. The Morgan fingerprint density at radius 3 is 1.46 bits per heavy atom. The molecule has 0 saturated heterocycles. The maximum Gasteiger partial charge on any atom is 0.256 e. The third kappa shape index (κ3) is 18.7. The lowest BCUT2D eigenvalue weighted by atomic mass is 10.6. The molecule has 0 rings (SSSR count). The molecule has 0 saturated carbocycles. The molecule has 13 heavy (non-hydrogen) atoms. The predicted octanol–water partition coefficient (Wildman–Crippen LogP) is 1.54. The number of aliphatic hydroxyl groups is 2. The molecule has 0 fully saturated rings. The summed E-state index contributed by atoms with van der Waals surface area (Å²) < 4.78 is 0. The van der Waals surface area contributed by atoms with Crippen molar-refractivity contribution in [2.24, 2.45) is 5.73 Å². The number of halogens is 1. The Bertz CT molecular complexity index is 150. The van der Waals surface area contributed by atoms with E-state index in [4.69, 9.17) is 10.2 Å². The molecule has 4 N–H and O–H groups in total. The minimum Gasteiger partial charge on any atom is -0.487 e. The van der Waals surface area contributed by atoms with Crippen LogP contribution in [0.1, 0.15) is 13.8 Å². The zero-order valence-electron chi connectivity index (χ0n) is 7.56. The minimum absolute atomic E-state index is 0. The number of nitrogens with zero attached hydrogens (tertiary/aromatic N) is 1. The summed E-state index contributed by atoms with van der Waals surface area (Å²) in [7, 11) is 0. The summed E-state index contributed by atoms with van der Waals surface area (Å²) in [5.41, 5.74) is 4.40. The molecule has 0 unspecified atom stereocenters. The highest BCUT2D eigenvalue weighted by molar-refractivity contribution is 8.93. The highest BCUT2D eigenvalue weighted by Gasteiger charge is 1.98. The number of rotatable bonds is 2. The van der Waals surface area contributed by atoms with E-state index in [1.807, 2.05) is 13.8 Å². The van der Waals surface area contributed by atoms with E-state index in [1.54, 1.807) is 4.90 Å². The van der Waals surface area contributed by atoms with Crippen LogP contribution < -0.4 is 5.73 Å². The molecule has 0 radical (unpaired) electrons. The van der Waals surface area contributed by atoms with Gasteiger partial charge in [-0.05, 0) is 38.3 Å². The molecule has 4 nitrogen and oxygen atoms in total. The van der Waals surface area contributed by atoms with Crippen LogP contribution in [0.4, 0.5) is 0 Å². The van der Waals surface area contributed by atoms with E-state index in [-0.39, 0.29) is 22.2 Å². The second-order valence-electron chi connectivity index (χ2n) is 1.79. The van der Waals surface area contributed by atoms with E-state index in [9.17, 15) is 0 Å². The zero-order valence-corrected chi connectivity index (χ0v) is 10.9. The van der Waals surface area contributed by atoms with E-state index in [2.05, 4.69) is 30.2 Å². The molecule has 0 amide bonds. The van der Waals surface area contributed by atoms with Crippen molar-refractivity contribution in [3.8, 4) is 0 Å². The first kappa shape index (κ1) is 18.6. The number of thiocarbonyl (C=S) groups is 2. The van der Waals surface area contributed by atoms with Gasteiger partial charge in [0.25, 0.3) is 10.3 Å². The van der Waals surface area contributed by atoms with Crippen molar-refractivity contribution < 1.29 is 10.2 Å². The number of nitrogens with two attached hydrogens (primary N) is 1. The first-order valence-electron chi connectivity index (χ1n) is 3.41. The summed E-state index contributed by atoms with van der Waals surface area (Å²) in [5, 5.41) is 15.7. The van der Waals surface area contributed by atoms with Crippen LogP contribution in [0, 0.1) is 0 Å². The van der Waals surface area contributed by atoms with Crippen LogP contribution in [0.5, 0.6) is 0 Å². The van der Waals surface area contributed by atoms with E-state index < -0.39 is 5.17 Å². The van der Waals surface area contributed by atoms with Crippen LogP contribution >= 0.6 is 41.4 Å². The molecule has 0 aromatic rings. The first-order valence-corrected chi connectivity index (χ1v) is 4.23. The predicted molar refractivity (Wildman–Crippen MR) is 67.9 cm³/mol. The molecule has 0 aliphatic heterocycles. The van der Waals surface area contributed by atoms with Gasteiger partial charge in [0.2, 0.25) is 0 Å². The smallest absolute Gasteiger partial charge is 0.256 e. The van der Waals surface area contributed by atoms with Crippen molar-refractivity contribution in [1.29, 1.82) is 0 Å². The standard InChI is InChI=1S/C5H11NOS.CH3NOS.BrH/c1-3-6(4-2)5(7)8;2-1(3)4;/h3-4H2,1-2H3,(H,7,8);(H3,2,3,4);1H. The Morgan fingerprint density at radius 1 is 1.23 bits per heavy atom. The average Bonchev–Trinajstić information content (AvgIpc) is 1.87. The lowest BCUT2D eigenvalue weighted by Crippen LogP contribution is -2.28. The Hall–Kier alpha value is -0.140. The minimum atomic E-state index is -0.500. The van der Waals surface area contributed by atoms with E-state index in [0.717, 1.165) is 13.1 Å². The summed E-state index contributed by atoms with van der Waals surface area (Å²) in [4.78, 5) is 1.70. The van der Waals surface area contributed by atoms with Gasteiger partial charge in [0.05, 0.1) is 0 Å². The van der Waals surface area contributed by atoms with Crippen LogP contribution in [-0.4, -0.2) is 38.6 Å². The Kier molecular flexibility index (Phi) is 17.0. The third-order valence-corrected chi connectivity index (χ3v) is 1.29. The normalized spacial score (nSPS) is 7.23. The maximum atomic E-state index is 8.67. The molecule has 80 valence electrons. The molecule has 0 bridgehead atoms. The summed E-state index contributed by atoms with van der Waals surface area (Å²) in [6.07, 6.45) is 0. The molecule has 0 aliphatic carbocycles. The van der Waals surface area contributed by atoms with Crippen molar-refractivity contribution in [2.75, 3.05) is 13.1 Å². The third-order valence-electron chi connectivity index (χ3n) is 1.03. The lowest BCUT2D eigenvalue weighted by Gasteiger charge is -2.15. The van der Waals surface area contributed by atoms with Gasteiger partial charge in [-0.15, -0.1) is 17.0 Å². The fourth-order valence-electron chi connectivity index (χ4n) is 0.494. The van der Waals surface area contributed by atoms with Crippen molar-refractivity contribution in [1.82, 2.24) is 4.90 Å². The van der Waals surface area contributed by atoms with Gasteiger partial charge in [-0.2, -0.15) is 0 Å². The number of hydrogen-bond donors (Lipinski definition) is 3. The molecule has 0 spiro atoms. The largest absolute Gasteiger partial charge is 0.487 e. The molecule has 0 aromatic heterocycles. The highest BCUT2D eigenvalue weighted by Crippen LogP contribution is 1.85. The highest BCUT2D eigenvalue weighted by atomic mass is 79.9.